The van der Waals surface area contributed by atoms with Crippen molar-refractivity contribution in [2.75, 3.05) is 18.4 Å². The number of nitro groups is 1. The lowest BCUT2D eigenvalue weighted by molar-refractivity contribution is -0.384. The number of anilines is 1. The van der Waals surface area contributed by atoms with Crippen molar-refractivity contribution in [3.8, 4) is 0 Å². The predicted molar refractivity (Wildman–Crippen MR) is 72.2 cm³/mol. The molecule has 0 amide bonds. The molecule has 7 heteroatoms. The number of benzene rings is 1. The maximum Gasteiger partial charge on any atom is 0.294 e. The van der Waals surface area contributed by atoms with Crippen LogP contribution in [0.2, 0.25) is 5.02 Å². The summed E-state index contributed by atoms with van der Waals surface area (Å²) in [5, 5.41) is 16.9. The largest absolute Gasteiger partial charge is 0.379 e. The molecule has 0 aliphatic carbocycles. The van der Waals surface area contributed by atoms with E-state index in [1.54, 1.807) is 0 Å². The van der Waals surface area contributed by atoms with E-state index in [1.807, 2.05) is 0 Å². The third-order valence-electron chi connectivity index (χ3n) is 3.21. The van der Waals surface area contributed by atoms with Crippen molar-refractivity contribution in [1.29, 1.82) is 0 Å². The van der Waals surface area contributed by atoms with Gasteiger partial charge in [0.1, 0.15) is 11.5 Å². The van der Waals surface area contributed by atoms with Gasteiger partial charge in [-0.15, -0.1) is 0 Å². The van der Waals surface area contributed by atoms with E-state index in [2.05, 4.69) is 10.6 Å². The standard InChI is InChI=1S/C12H15ClFN3O2/c13-9-6-12(17(18)19)11(7-10(9)14)16-5-3-8-2-1-4-15-8/h6-8,15-16H,1-5H2/t8-/m0/s1. The molecular formula is C12H15ClFN3O2. The first-order chi connectivity index (χ1) is 9.08. The summed E-state index contributed by atoms with van der Waals surface area (Å²) in [5.41, 5.74) is -0.0318. The van der Waals surface area contributed by atoms with Gasteiger partial charge in [0.15, 0.2) is 0 Å². The number of rotatable bonds is 5. The first-order valence-electron chi connectivity index (χ1n) is 6.18. The van der Waals surface area contributed by atoms with Crippen LogP contribution in [0.5, 0.6) is 0 Å². The summed E-state index contributed by atoms with van der Waals surface area (Å²) in [4.78, 5) is 10.3. The Bertz CT molecular complexity index is 478. The topological polar surface area (TPSA) is 67.2 Å². The van der Waals surface area contributed by atoms with Crippen LogP contribution in [0.1, 0.15) is 19.3 Å². The Morgan fingerprint density at radius 1 is 1.58 bits per heavy atom. The van der Waals surface area contributed by atoms with Gasteiger partial charge >= 0.3 is 0 Å². The Kier molecular flexibility index (Phi) is 4.55. The fraction of sp³-hybridized carbons (Fsp3) is 0.500. The van der Waals surface area contributed by atoms with Crippen molar-refractivity contribution >= 4 is 23.0 Å². The molecule has 0 bridgehead atoms. The minimum absolute atomic E-state index is 0.171. The van der Waals surface area contributed by atoms with Crippen LogP contribution < -0.4 is 10.6 Å². The molecule has 1 fully saturated rings. The molecule has 0 aromatic heterocycles. The molecule has 0 spiro atoms. The zero-order valence-electron chi connectivity index (χ0n) is 10.3. The second-order valence-corrected chi connectivity index (χ2v) is 4.96. The Morgan fingerprint density at radius 2 is 2.37 bits per heavy atom. The van der Waals surface area contributed by atoms with E-state index in [-0.39, 0.29) is 16.4 Å². The average molecular weight is 288 g/mol. The highest BCUT2D eigenvalue weighted by molar-refractivity contribution is 6.31. The van der Waals surface area contributed by atoms with Crippen LogP contribution in [0.25, 0.3) is 0 Å². The Hall–Kier alpha value is -1.40. The summed E-state index contributed by atoms with van der Waals surface area (Å²) in [6.45, 7) is 1.57. The van der Waals surface area contributed by atoms with E-state index in [4.69, 9.17) is 11.6 Å². The van der Waals surface area contributed by atoms with Crippen molar-refractivity contribution in [2.45, 2.75) is 25.3 Å². The Labute approximate surface area is 115 Å². The number of hydrogen-bond acceptors (Lipinski definition) is 4. The van der Waals surface area contributed by atoms with Crippen LogP contribution in [0.15, 0.2) is 12.1 Å². The van der Waals surface area contributed by atoms with Gasteiger partial charge in [-0.2, -0.15) is 0 Å². The third-order valence-corrected chi connectivity index (χ3v) is 3.50. The van der Waals surface area contributed by atoms with Crippen molar-refractivity contribution in [2.24, 2.45) is 0 Å². The van der Waals surface area contributed by atoms with Gasteiger partial charge in [-0.25, -0.2) is 4.39 Å². The molecule has 0 saturated carbocycles. The minimum Gasteiger partial charge on any atom is -0.379 e. The van der Waals surface area contributed by atoms with Gasteiger partial charge in [0.05, 0.1) is 9.95 Å². The monoisotopic (exact) mass is 287 g/mol. The zero-order chi connectivity index (χ0) is 13.8. The molecule has 0 radical (unpaired) electrons. The molecule has 0 unspecified atom stereocenters. The SMILES string of the molecule is O=[N+]([O-])c1cc(Cl)c(F)cc1NCC[C@@H]1CCCN1. The first kappa shape index (κ1) is 14.0. The van der Waals surface area contributed by atoms with E-state index < -0.39 is 10.7 Å². The summed E-state index contributed by atoms with van der Waals surface area (Å²) in [6.07, 6.45) is 3.11. The summed E-state index contributed by atoms with van der Waals surface area (Å²) in [6, 6.07) is 2.54. The van der Waals surface area contributed by atoms with Gasteiger partial charge in [-0.05, 0) is 25.8 Å². The maximum atomic E-state index is 13.3. The molecule has 1 heterocycles. The van der Waals surface area contributed by atoms with Gasteiger partial charge < -0.3 is 10.6 Å². The average Bonchev–Trinajstić information content (AvgIpc) is 2.86. The summed E-state index contributed by atoms with van der Waals surface area (Å²) >= 11 is 5.55. The number of nitro benzene ring substituents is 1. The molecular weight excluding hydrogens is 273 g/mol. The van der Waals surface area contributed by atoms with E-state index in [9.17, 15) is 14.5 Å². The van der Waals surface area contributed by atoms with Crippen LogP contribution >= 0.6 is 11.6 Å². The molecule has 1 aliphatic heterocycles. The van der Waals surface area contributed by atoms with Gasteiger partial charge in [0.2, 0.25) is 0 Å². The molecule has 104 valence electrons. The quantitative estimate of drug-likeness (QED) is 0.645. The highest BCUT2D eigenvalue weighted by atomic mass is 35.5. The Balaban J connectivity index is 2.01. The van der Waals surface area contributed by atoms with Crippen LogP contribution in [-0.4, -0.2) is 24.1 Å². The van der Waals surface area contributed by atoms with Crippen LogP contribution in [0.4, 0.5) is 15.8 Å². The van der Waals surface area contributed by atoms with E-state index in [0.717, 1.165) is 37.9 Å². The Morgan fingerprint density at radius 3 is 3.00 bits per heavy atom. The van der Waals surface area contributed by atoms with E-state index in [0.29, 0.717) is 12.6 Å². The van der Waals surface area contributed by atoms with Crippen molar-refractivity contribution in [3.05, 3.63) is 33.1 Å². The number of nitrogens with zero attached hydrogens (tertiary/aromatic N) is 1. The van der Waals surface area contributed by atoms with Crippen molar-refractivity contribution < 1.29 is 9.31 Å². The van der Waals surface area contributed by atoms with Crippen molar-refractivity contribution in [3.63, 3.8) is 0 Å². The smallest absolute Gasteiger partial charge is 0.294 e. The molecule has 2 N–H and O–H groups in total. The summed E-state index contributed by atoms with van der Waals surface area (Å²) in [5.74, 6) is -0.659. The van der Waals surface area contributed by atoms with Gasteiger partial charge in [-0.1, -0.05) is 11.6 Å². The van der Waals surface area contributed by atoms with Crippen LogP contribution in [0, 0.1) is 15.9 Å². The minimum atomic E-state index is -0.659. The second kappa shape index (κ2) is 6.16. The maximum absolute atomic E-state index is 13.3. The fourth-order valence-electron chi connectivity index (χ4n) is 2.21. The molecule has 1 atom stereocenters. The van der Waals surface area contributed by atoms with Gasteiger partial charge in [-0.3, -0.25) is 10.1 Å². The lowest BCUT2D eigenvalue weighted by Gasteiger charge is -2.12. The normalized spacial score (nSPS) is 18.5. The number of nitrogens with one attached hydrogen (secondary N) is 2. The summed E-state index contributed by atoms with van der Waals surface area (Å²) in [7, 11) is 0. The van der Waals surface area contributed by atoms with E-state index >= 15 is 0 Å². The van der Waals surface area contributed by atoms with Crippen LogP contribution in [-0.2, 0) is 0 Å². The first-order valence-corrected chi connectivity index (χ1v) is 6.56. The molecule has 1 aromatic carbocycles. The van der Waals surface area contributed by atoms with E-state index in [1.165, 1.54) is 0 Å². The molecule has 19 heavy (non-hydrogen) atoms. The molecule has 5 nitrogen and oxygen atoms in total. The third kappa shape index (κ3) is 3.54. The molecule has 1 aliphatic rings. The fourth-order valence-corrected chi connectivity index (χ4v) is 2.37. The van der Waals surface area contributed by atoms with Gasteiger partial charge in [0.25, 0.3) is 5.69 Å². The molecule has 1 saturated heterocycles. The lowest BCUT2D eigenvalue weighted by Crippen LogP contribution is -2.24. The summed E-state index contributed by atoms with van der Waals surface area (Å²) < 4.78 is 13.3. The van der Waals surface area contributed by atoms with Crippen molar-refractivity contribution in [1.82, 2.24) is 5.32 Å². The predicted octanol–water partition coefficient (Wildman–Crippen LogP) is 2.94. The number of halogens is 2. The highest BCUT2D eigenvalue weighted by Crippen LogP contribution is 2.30. The highest BCUT2D eigenvalue weighted by Gasteiger charge is 2.18. The number of hydrogen-bond donors (Lipinski definition) is 2. The second-order valence-electron chi connectivity index (χ2n) is 4.55. The van der Waals surface area contributed by atoms with Gasteiger partial charge in [0, 0.05) is 24.7 Å². The zero-order valence-corrected chi connectivity index (χ0v) is 11.0. The molecule has 1 aromatic rings. The molecule has 2 rings (SSSR count). The lowest BCUT2D eigenvalue weighted by atomic mass is 10.1. The van der Waals surface area contributed by atoms with Crippen LogP contribution in [0.3, 0.4) is 0 Å².